The van der Waals surface area contributed by atoms with Crippen LogP contribution in [0.1, 0.15) is 23.2 Å². The van der Waals surface area contributed by atoms with E-state index in [9.17, 15) is 22.0 Å². The molecule has 6 nitrogen and oxygen atoms in total. The van der Waals surface area contributed by atoms with Crippen molar-refractivity contribution >= 4 is 29.1 Å². The molecule has 2 aliphatic heterocycles. The fourth-order valence-electron chi connectivity index (χ4n) is 3.49. The van der Waals surface area contributed by atoms with Crippen molar-refractivity contribution in [3.8, 4) is 0 Å². The summed E-state index contributed by atoms with van der Waals surface area (Å²) in [6.07, 6.45) is -6.80. The minimum atomic E-state index is -4.83. The predicted molar refractivity (Wildman–Crippen MR) is 104 cm³/mol. The summed E-state index contributed by atoms with van der Waals surface area (Å²) in [6.45, 7) is -1.23. The highest BCUT2D eigenvalue weighted by atomic mass is 35.5. The lowest BCUT2D eigenvalue weighted by molar-refractivity contribution is -0.209. The molecule has 0 amide bonds. The molecule has 0 saturated carbocycles. The van der Waals surface area contributed by atoms with Crippen molar-refractivity contribution in [2.45, 2.75) is 30.8 Å². The van der Waals surface area contributed by atoms with Crippen LogP contribution in [0.5, 0.6) is 0 Å². The highest BCUT2D eigenvalue weighted by Crippen LogP contribution is 2.43. The molecule has 2 aromatic rings. The third-order valence-electron chi connectivity index (χ3n) is 5.01. The Hall–Kier alpha value is -2.95. The Balaban J connectivity index is 1.79. The summed E-state index contributed by atoms with van der Waals surface area (Å²) in [5.74, 6) is -0.569. The molecule has 31 heavy (non-hydrogen) atoms. The van der Waals surface area contributed by atoms with E-state index >= 15 is 0 Å². The summed E-state index contributed by atoms with van der Waals surface area (Å²) < 4.78 is 73.3. The molecular formula is C19H15ClF5N5O. The molecule has 0 fully saturated rings. The number of benzene rings is 1. The van der Waals surface area contributed by atoms with Crippen molar-refractivity contribution in [1.29, 1.82) is 0 Å². The van der Waals surface area contributed by atoms with E-state index in [0.717, 1.165) is 6.07 Å². The Labute approximate surface area is 178 Å². The van der Waals surface area contributed by atoms with Gasteiger partial charge in [0, 0.05) is 24.7 Å². The Morgan fingerprint density at radius 1 is 1.29 bits per heavy atom. The highest BCUT2D eigenvalue weighted by molar-refractivity contribution is 6.30. The van der Waals surface area contributed by atoms with Gasteiger partial charge < -0.3 is 15.8 Å². The Morgan fingerprint density at radius 2 is 2.06 bits per heavy atom. The van der Waals surface area contributed by atoms with E-state index in [2.05, 4.69) is 25.0 Å². The van der Waals surface area contributed by atoms with Crippen molar-refractivity contribution < 1.29 is 26.7 Å². The largest absolute Gasteiger partial charge is 0.452 e. The number of rotatable bonds is 3. The van der Waals surface area contributed by atoms with Crippen LogP contribution < -0.4 is 11.1 Å². The molecule has 4 rings (SSSR count). The Bertz CT molecular complexity index is 1070. The summed E-state index contributed by atoms with van der Waals surface area (Å²) in [6, 6.07) is 4.64. The normalized spacial score (nSPS) is 23.2. The maximum Gasteiger partial charge on any atom is 0.425 e. The quantitative estimate of drug-likeness (QED) is 0.682. The molecule has 3 N–H and O–H groups in total. The number of nitrogens with zero attached hydrogens (tertiary/aromatic N) is 3. The summed E-state index contributed by atoms with van der Waals surface area (Å²) in [7, 11) is 0. The van der Waals surface area contributed by atoms with Gasteiger partial charge in [0.05, 0.1) is 10.7 Å². The molecule has 0 saturated heterocycles. The molecule has 1 aromatic carbocycles. The molecule has 0 spiro atoms. The minimum Gasteiger partial charge on any atom is -0.452 e. The number of amidine groups is 2. The molecule has 0 radical (unpaired) electrons. The van der Waals surface area contributed by atoms with Crippen LogP contribution in [-0.4, -0.2) is 35.8 Å². The van der Waals surface area contributed by atoms with Crippen LogP contribution in [0.2, 0.25) is 5.02 Å². The number of aliphatic imine (C=N–C) groups is 2. The van der Waals surface area contributed by atoms with Crippen LogP contribution in [0.15, 0.2) is 40.4 Å². The van der Waals surface area contributed by atoms with E-state index in [1.54, 1.807) is 12.1 Å². The molecule has 0 bridgehead atoms. The zero-order chi connectivity index (χ0) is 22.4. The van der Waals surface area contributed by atoms with Gasteiger partial charge in [-0.3, -0.25) is 4.98 Å². The second-order valence-electron chi connectivity index (χ2n) is 7.10. The lowest BCUT2D eigenvalue weighted by atomic mass is 9.83. The van der Waals surface area contributed by atoms with Crippen molar-refractivity contribution in [3.05, 3.63) is 58.1 Å². The van der Waals surface area contributed by atoms with Crippen LogP contribution in [-0.2, 0) is 16.8 Å². The fourth-order valence-corrected chi connectivity index (χ4v) is 3.61. The molecule has 164 valence electrons. The van der Waals surface area contributed by atoms with Crippen molar-refractivity contribution in [2.24, 2.45) is 15.7 Å². The van der Waals surface area contributed by atoms with E-state index in [4.69, 9.17) is 17.3 Å². The molecule has 2 atom stereocenters. The predicted octanol–water partition coefficient (Wildman–Crippen LogP) is 3.89. The molecule has 0 aliphatic carbocycles. The topological polar surface area (TPSA) is 84.9 Å². The number of hydrogen-bond acceptors (Lipinski definition) is 6. The van der Waals surface area contributed by atoms with Gasteiger partial charge in [0.1, 0.15) is 23.7 Å². The van der Waals surface area contributed by atoms with E-state index in [-0.39, 0.29) is 17.8 Å². The van der Waals surface area contributed by atoms with Gasteiger partial charge >= 0.3 is 6.18 Å². The summed E-state index contributed by atoms with van der Waals surface area (Å²) in [5, 5.41) is 3.40. The molecule has 1 unspecified atom stereocenters. The SMILES string of the molecule is NC1=NC(CF)(c2cc3c(cc2F)CNC(c2ccc(Cl)cn2)=N3)C[C@@H](C(F)(F)F)O1. The molecule has 12 heteroatoms. The van der Waals surface area contributed by atoms with E-state index in [0.29, 0.717) is 22.1 Å². The number of halogens is 6. The summed E-state index contributed by atoms with van der Waals surface area (Å²) in [4.78, 5) is 12.2. The van der Waals surface area contributed by atoms with E-state index in [1.807, 2.05) is 0 Å². The third kappa shape index (κ3) is 4.01. The summed E-state index contributed by atoms with van der Waals surface area (Å²) >= 11 is 5.83. The van der Waals surface area contributed by atoms with Gasteiger partial charge in [-0.25, -0.2) is 18.8 Å². The average molecular weight is 460 g/mol. The van der Waals surface area contributed by atoms with Gasteiger partial charge in [-0.05, 0) is 29.8 Å². The monoisotopic (exact) mass is 459 g/mol. The molecule has 3 heterocycles. The number of hydrogen-bond donors (Lipinski definition) is 2. The van der Waals surface area contributed by atoms with Gasteiger partial charge in [0.25, 0.3) is 6.02 Å². The maximum atomic E-state index is 14.9. The zero-order valence-electron chi connectivity index (χ0n) is 15.7. The van der Waals surface area contributed by atoms with Crippen LogP contribution in [0, 0.1) is 5.82 Å². The number of ether oxygens (including phenoxy) is 1. The lowest BCUT2D eigenvalue weighted by Gasteiger charge is -2.37. The second-order valence-corrected chi connectivity index (χ2v) is 7.54. The zero-order valence-corrected chi connectivity index (χ0v) is 16.4. The molecule has 2 aliphatic rings. The minimum absolute atomic E-state index is 0.179. The first-order valence-corrected chi connectivity index (χ1v) is 9.41. The van der Waals surface area contributed by atoms with Gasteiger partial charge in [-0.15, -0.1) is 0 Å². The van der Waals surface area contributed by atoms with E-state index in [1.165, 1.54) is 12.3 Å². The van der Waals surface area contributed by atoms with Crippen LogP contribution in [0.3, 0.4) is 0 Å². The highest BCUT2D eigenvalue weighted by Gasteiger charge is 2.52. The smallest absolute Gasteiger partial charge is 0.425 e. The third-order valence-corrected chi connectivity index (χ3v) is 5.24. The van der Waals surface area contributed by atoms with Gasteiger partial charge in [0.15, 0.2) is 11.9 Å². The molecule has 1 aromatic heterocycles. The number of nitrogens with one attached hydrogen (secondary N) is 1. The van der Waals surface area contributed by atoms with E-state index < -0.39 is 42.8 Å². The van der Waals surface area contributed by atoms with Crippen LogP contribution in [0.4, 0.5) is 27.6 Å². The number of alkyl halides is 4. The van der Waals surface area contributed by atoms with Crippen molar-refractivity contribution in [3.63, 3.8) is 0 Å². The van der Waals surface area contributed by atoms with Gasteiger partial charge in [-0.2, -0.15) is 13.2 Å². The number of fused-ring (bicyclic) bond motifs is 1. The average Bonchev–Trinajstić information content (AvgIpc) is 2.72. The number of nitrogens with two attached hydrogens (primary N) is 1. The first-order chi connectivity index (χ1) is 14.6. The fraction of sp³-hybridized carbons (Fsp3) is 0.316. The van der Waals surface area contributed by atoms with Crippen molar-refractivity contribution in [1.82, 2.24) is 10.3 Å². The Morgan fingerprint density at radius 3 is 2.71 bits per heavy atom. The number of aromatic nitrogens is 1. The first kappa shape index (κ1) is 21.3. The van der Waals surface area contributed by atoms with Gasteiger partial charge in [-0.1, -0.05) is 11.6 Å². The standard InChI is InChI=1S/C19H15ClF5N5O/c20-10-1-2-13(27-7-10)16-28-6-9-3-12(22)11(4-14(9)29-16)18(8-21)5-15(19(23,24)25)31-17(26)30-18/h1-4,7,15H,5-6,8H2,(H2,26,30)(H,28,29)/t15-,18?/m0/s1. The number of pyridine rings is 1. The summed E-state index contributed by atoms with van der Waals surface area (Å²) in [5.41, 5.74) is 3.94. The first-order valence-electron chi connectivity index (χ1n) is 9.03. The maximum absolute atomic E-state index is 14.9. The second kappa shape index (κ2) is 7.63. The van der Waals surface area contributed by atoms with Gasteiger partial charge in [0.2, 0.25) is 0 Å². The van der Waals surface area contributed by atoms with Crippen molar-refractivity contribution in [2.75, 3.05) is 6.67 Å². The van der Waals surface area contributed by atoms with Crippen LogP contribution >= 0.6 is 11.6 Å². The lowest BCUT2D eigenvalue weighted by Crippen LogP contribution is -2.48. The molecular weight excluding hydrogens is 445 g/mol. The Kier molecular flexibility index (Phi) is 5.24. The van der Waals surface area contributed by atoms with Crippen LogP contribution in [0.25, 0.3) is 0 Å².